The SMILES string of the molecule is CC1=C[C@H]2CN(C(=O)N2O)[C@@H]1C(=O)NCc1ncco1. The standard InChI is InChI=1S/C12H14N4O4/c1-7-4-8-6-15(12(18)16(8)19)10(7)11(17)14-5-9-13-2-3-20-9/h2-4,8,10,19H,5-6H2,1H3,(H,14,17)/t8-,10-/m0/s1. The fourth-order valence-corrected chi connectivity index (χ4v) is 2.56. The number of nitrogens with zero attached hydrogens (tertiary/aromatic N) is 3. The molecule has 0 unspecified atom stereocenters. The lowest BCUT2D eigenvalue weighted by Gasteiger charge is -2.28. The van der Waals surface area contributed by atoms with Crippen LogP contribution in [0, 0.1) is 0 Å². The van der Waals surface area contributed by atoms with Gasteiger partial charge in [0.05, 0.1) is 25.3 Å². The van der Waals surface area contributed by atoms with Gasteiger partial charge >= 0.3 is 6.03 Å². The molecular formula is C12H14N4O4. The minimum atomic E-state index is -0.703. The lowest BCUT2D eigenvalue weighted by molar-refractivity contribution is -0.124. The fourth-order valence-electron chi connectivity index (χ4n) is 2.56. The zero-order valence-electron chi connectivity index (χ0n) is 10.8. The molecule has 3 rings (SSSR count). The van der Waals surface area contributed by atoms with Gasteiger partial charge in [0.2, 0.25) is 11.8 Å². The number of fused-ring (bicyclic) bond motifs is 2. The summed E-state index contributed by atoms with van der Waals surface area (Å²) in [5, 5.41) is 12.9. The van der Waals surface area contributed by atoms with Crippen LogP contribution in [0.15, 0.2) is 28.5 Å². The van der Waals surface area contributed by atoms with Crippen molar-refractivity contribution in [2.24, 2.45) is 0 Å². The van der Waals surface area contributed by atoms with E-state index in [4.69, 9.17) is 4.42 Å². The summed E-state index contributed by atoms with van der Waals surface area (Å²) in [6.45, 7) is 2.23. The van der Waals surface area contributed by atoms with Crippen LogP contribution in [0.1, 0.15) is 12.8 Å². The number of urea groups is 1. The predicted molar refractivity (Wildman–Crippen MR) is 65.4 cm³/mol. The zero-order chi connectivity index (χ0) is 14.3. The highest BCUT2D eigenvalue weighted by Gasteiger charge is 2.46. The van der Waals surface area contributed by atoms with Gasteiger partial charge in [-0.1, -0.05) is 6.08 Å². The van der Waals surface area contributed by atoms with Crippen molar-refractivity contribution in [1.82, 2.24) is 20.3 Å². The van der Waals surface area contributed by atoms with E-state index in [0.29, 0.717) is 17.5 Å². The summed E-state index contributed by atoms with van der Waals surface area (Å²) in [5.41, 5.74) is 0.732. The normalized spacial score (nSPS) is 24.9. The highest BCUT2D eigenvalue weighted by atomic mass is 16.5. The molecule has 2 bridgehead atoms. The number of hydroxylamine groups is 2. The van der Waals surface area contributed by atoms with Gasteiger partial charge in [-0.15, -0.1) is 0 Å². The van der Waals surface area contributed by atoms with Crippen LogP contribution >= 0.6 is 0 Å². The second-order valence-electron chi connectivity index (χ2n) is 4.80. The summed E-state index contributed by atoms with van der Waals surface area (Å²) in [7, 11) is 0. The Morgan fingerprint density at radius 2 is 2.45 bits per heavy atom. The van der Waals surface area contributed by atoms with E-state index in [1.54, 1.807) is 13.0 Å². The molecule has 1 saturated heterocycles. The van der Waals surface area contributed by atoms with Gasteiger partial charge in [-0.05, 0) is 12.5 Å². The number of hydrogen-bond donors (Lipinski definition) is 2. The lowest BCUT2D eigenvalue weighted by atomic mass is 10.00. The Bertz CT molecular complexity index is 568. The molecule has 3 amide bonds. The smallest absolute Gasteiger partial charge is 0.345 e. The topological polar surface area (TPSA) is 98.9 Å². The van der Waals surface area contributed by atoms with Crippen LogP contribution in [0.3, 0.4) is 0 Å². The first-order chi connectivity index (χ1) is 9.58. The Morgan fingerprint density at radius 3 is 3.15 bits per heavy atom. The first kappa shape index (κ1) is 12.7. The molecule has 0 aromatic carbocycles. The molecule has 2 aliphatic heterocycles. The number of carbonyl (C=O) groups is 2. The maximum atomic E-state index is 12.2. The molecule has 106 valence electrons. The number of nitrogens with one attached hydrogen (secondary N) is 1. The van der Waals surface area contributed by atoms with E-state index in [9.17, 15) is 14.8 Å². The van der Waals surface area contributed by atoms with E-state index in [2.05, 4.69) is 10.3 Å². The van der Waals surface area contributed by atoms with Crippen molar-refractivity contribution < 1.29 is 19.2 Å². The molecule has 2 atom stereocenters. The highest BCUT2D eigenvalue weighted by molar-refractivity contribution is 5.91. The first-order valence-corrected chi connectivity index (χ1v) is 6.21. The maximum absolute atomic E-state index is 12.2. The number of rotatable bonds is 3. The van der Waals surface area contributed by atoms with Gasteiger partial charge in [0.1, 0.15) is 12.3 Å². The summed E-state index contributed by atoms with van der Waals surface area (Å²) < 4.78 is 5.03. The van der Waals surface area contributed by atoms with Gasteiger partial charge in [0.25, 0.3) is 0 Å². The second kappa shape index (κ2) is 4.64. The molecule has 0 radical (unpaired) electrons. The molecule has 1 aromatic rings. The molecule has 20 heavy (non-hydrogen) atoms. The summed E-state index contributed by atoms with van der Waals surface area (Å²) in [6.07, 6.45) is 4.65. The summed E-state index contributed by atoms with van der Waals surface area (Å²) in [5.74, 6) is 0.0734. The summed E-state index contributed by atoms with van der Waals surface area (Å²) >= 11 is 0. The minimum Gasteiger partial charge on any atom is -0.447 e. The Morgan fingerprint density at radius 1 is 1.65 bits per heavy atom. The molecule has 1 fully saturated rings. The van der Waals surface area contributed by atoms with Crippen LogP contribution < -0.4 is 5.32 Å². The number of carbonyl (C=O) groups excluding carboxylic acids is 2. The monoisotopic (exact) mass is 278 g/mol. The highest BCUT2D eigenvalue weighted by Crippen LogP contribution is 2.27. The van der Waals surface area contributed by atoms with Gasteiger partial charge < -0.3 is 14.6 Å². The zero-order valence-corrected chi connectivity index (χ0v) is 10.8. The average molecular weight is 278 g/mol. The molecule has 0 spiro atoms. The largest absolute Gasteiger partial charge is 0.447 e. The van der Waals surface area contributed by atoms with Crippen LogP contribution in [0.25, 0.3) is 0 Å². The van der Waals surface area contributed by atoms with Crippen molar-refractivity contribution in [2.45, 2.75) is 25.6 Å². The molecule has 2 N–H and O–H groups in total. The Balaban J connectivity index is 1.72. The molecule has 0 aliphatic carbocycles. The van der Waals surface area contributed by atoms with Crippen molar-refractivity contribution in [2.75, 3.05) is 6.54 Å². The van der Waals surface area contributed by atoms with Crippen LogP contribution in [0.5, 0.6) is 0 Å². The first-order valence-electron chi connectivity index (χ1n) is 6.21. The van der Waals surface area contributed by atoms with Crippen molar-refractivity contribution in [3.63, 3.8) is 0 Å². The molecule has 8 nitrogen and oxygen atoms in total. The average Bonchev–Trinajstić information content (AvgIpc) is 3.01. The minimum absolute atomic E-state index is 0.157. The quantitative estimate of drug-likeness (QED) is 0.604. The third-order valence-electron chi connectivity index (χ3n) is 3.48. The van der Waals surface area contributed by atoms with Crippen LogP contribution in [-0.4, -0.2) is 50.7 Å². The van der Waals surface area contributed by atoms with E-state index in [1.165, 1.54) is 17.4 Å². The molecule has 3 heterocycles. The van der Waals surface area contributed by atoms with Crippen molar-refractivity contribution >= 4 is 11.9 Å². The van der Waals surface area contributed by atoms with Gasteiger partial charge in [0, 0.05) is 0 Å². The van der Waals surface area contributed by atoms with E-state index < -0.39 is 12.1 Å². The van der Waals surface area contributed by atoms with Crippen molar-refractivity contribution in [3.8, 4) is 0 Å². The molecule has 1 aromatic heterocycles. The van der Waals surface area contributed by atoms with Gasteiger partial charge in [-0.3, -0.25) is 10.0 Å². The fraction of sp³-hybridized carbons (Fsp3) is 0.417. The van der Waals surface area contributed by atoms with E-state index in [0.717, 1.165) is 5.57 Å². The van der Waals surface area contributed by atoms with E-state index >= 15 is 0 Å². The summed E-state index contributed by atoms with van der Waals surface area (Å²) in [4.78, 5) is 29.3. The Hall–Kier alpha value is -2.35. The van der Waals surface area contributed by atoms with Crippen molar-refractivity contribution in [3.05, 3.63) is 30.0 Å². The van der Waals surface area contributed by atoms with E-state index in [-0.39, 0.29) is 18.5 Å². The molecule has 8 heteroatoms. The number of hydrogen-bond acceptors (Lipinski definition) is 5. The van der Waals surface area contributed by atoms with Crippen LogP contribution in [0.2, 0.25) is 0 Å². The van der Waals surface area contributed by atoms with Gasteiger partial charge in [-0.25, -0.2) is 9.78 Å². The van der Waals surface area contributed by atoms with E-state index in [1.807, 2.05) is 0 Å². The number of aromatic nitrogens is 1. The van der Waals surface area contributed by atoms with Gasteiger partial charge in [-0.2, -0.15) is 5.06 Å². The Kier molecular flexibility index (Phi) is 2.94. The third-order valence-corrected chi connectivity index (χ3v) is 3.48. The lowest BCUT2D eigenvalue weighted by Crippen LogP contribution is -2.49. The number of oxazole rings is 1. The predicted octanol–water partition coefficient (Wildman–Crippen LogP) is 0.115. The Labute approximate surface area is 114 Å². The number of amides is 3. The van der Waals surface area contributed by atoms with Crippen LogP contribution in [0.4, 0.5) is 4.79 Å². The van der Waals surface area contributed by atoms with Crippen LogP contribution in [-0.2, 0) is 11.3 Å². The maximum Gasteiger partial charge on any atom is 0.345 e. The van der Waals surface area contributed by atoms with Crippen molar-refractivity contribution in [1.29, 1.82) is 0 Å². The summed E-state index contributed by atoms with van der Waals surface area (Å²) in [6, 6.07) is -1.64. The molecular weight excluding hydrogens is 264 g/mol. The molecule has 2 aliphatic rings. The third kappa shape index (κ3) is 1.94. The molecule has 0 saturated carbocycles. The van der Waals surface area contributed by atoms with Gasteiger partial charge in [0.15, 0.2) is 0 Å². The second-order valence-corrected chi connectivity index (χ2v) is 4.80.